The van der Waals surface area contributed by atoms with Crippen molar-refractivity contribution < 1.29 is 29.4 Å². The number of likely N-dealkylation sites (tertiary alicyclic amines) is 1. The van der Waals surface area contributed by atoms with E-state index in [0.29, 0.717) is 58.4 Å². The number of phenols is 2. The van der Waals surface area contributed by atoms with Crippen LogP contribution in [0.1, 0.15) is 35.1 Å². The molecular formula is C44H49N5O6. The van der Waals surface area contributed by atoms with Crippen molar-refractivity contribution in [2.24, 2.45) is 0 Å². The van der Waals surface area contributed by atoms with Gasteiger partial charge in [0.25, 0.3) is 0 Å². The van der Waals surface area contributed by atoms with Gasteiger partial charge in [-0.15, -0.1) is 0 Å². The Morgan fingerprint density at radius 2 is 1.24 bits per heavy atom. The fourth-order valence-electron chi connectivity index (χ4n) is 8.40. The minimum atomic E-state index is -0.615. The number of benzene rings is 4. The average Bonchev–Trinajstić information content (AvgIpc) is 3.64. The Bertz CT molecular complexity index is 1940. The lowest BCUT2D eigenvalue weighted by atomic mass is 9.97. The first-order chi connectivity index (χ1) is 26.7. The zero-order valence-electron chi connectivity index (χ0n) is 31.0. The molecule has 3 saturated heterocycles. The Kier molecular flexibility index (Phi) is 11.8. The van der Waals surface area contributed by atoms with Gasteiger partial charge in [-0.1, -0.05) is 84.9 Å². The molecular weight excluding hydrogens is 695 g/mol. The zero-order chi connectivity index (χ0) is 38.3. The molecule has 286 valence electrons. The number of carbonyl (C=O) groups excluding carboxylic acids is 4. The molecule has 0 aromatic heterocycles. The van der Waals surface area contributed by atoms with Crippen molar-refractivity contribution in [2.75, 3.05) is 39.3 Å². The Morgan fingerprint density at radius 1 is 0.636 bits per heavy atom. The van der Waals surface area contributed by atoms with Crippen LogP contribution in [0.15, 0.2) is 109 Å². The lowest BCUT2D eigenvalue weighted by molar-refractivity contribution is -0.161. The Hall–Kier alpha value is -5.68. The van der Waals surface area contributed by atoms with E-state index < -0.39 is 23.6 Å². The summed E-state index contributed by atoms with van der Waals surface area (Å²) in [5.74, 6) is -1.88. The molecule has 3 aliphatic heterocycles. The molecule has 0 aliphatic carbocycles. The summed E-state index contributed by atoms with van der Waals surface area (Å²) < 4.78 is 0. The summed E-state index contributed by atoms with van der Waals surface area (Å²) in [7, 11) is 0. The SMILES string of the molecule is O=C1NC[C@H](Cc2ccc(O)cc2)N(C[C@@H]2CCCN2C[C@H](Cc2ccc(O)cc2)N2C[C@H](Cc3ccccc3)N(CCc3ccccc3)C(=O)C2=O)C1=O. The molecule has 11 heteroatoms. The van der Waals surface area contributed by atoms with Crippen molar-refractivity contribution in [2.45, 2.75) is 62.7 Å². The highest BCUT2D eigenvalue weighted by atomic mass is 16.3. The van der Waals surface area contributed by atoms with Gasteiger partial charge >= 0.3 is 23.6 Å². The number of amides is 4. The van der Waals surface area contributed by atoms with Crippen LogP contribution in [0.4, 0.5) is 0 Å². The van der Waals surface area contributed by atoms with Gasteiger partial charge in [0.2, 0.25) is 0 Å². The third-order valence-corrected chi connectivity index (χ3v) is 11.4. The number of aromatic hydroxyl groups is 2. The van der Waals surface area contributed by atoms with E-state index in [1.165, 1.54) is 0 Å². The first-order valence-corrected chi connectivity index (χ1v) is 19.3. The molecule has 4 aromatic carbocycles. The Balaban J connectivity index is 1.14. The van der Waals surface area contributed by atoms with Crippen LogP contribution < -0.4 is 5.32 Å². The van der Waals surface area contributed by atoms with Gasteiger partial charge in [0.1, 0.15) is 11.5 Å². The Morgan fingerprint density at radius 3 is 1.91 bits per heavy atom. The van der Waals surface area contributed by atoms with E-state index in [1.807, 2.05) is 72.8 Å². The van der Waals surface area contributed by atoms with Crippen molar-refractivity contribution in [1.29, 1.82) is 0 Å². The molecule has 3 N–H and O–H groups in total. The van der Waals surface area contributed by atoms with E-state index in [1.54, 1.807) is 39.0 Å². The highest BCUT2D eigenvalue weighted by Crippen LogP contribution is 2.27. The molecule has 0 unspecified atom stereocenters. The van der Waals surface area contributed by atoms with Crippen LogP contribution in [0.2, 0.25) is 0 Å². The molecule has 11 nitrogen and oxygen atoms in total. The topological polar surface area (TPSA) is 134 Å². The summed E-state index contributed by atoms with van der Waals surface area (Å²) in [6.07, 6.45) is 3.95. The number of hydrogen-bond donors (Lipinski definition) is 3. The number of piperazine rings is 2. The lowest BCUT2D eigenvalue weighted by Crippen LogP contribution is -2.65. The van der Waals surface area contributed by atoms with Gasteiger partial charge in [-0.2, -0.15) is 0 Å². The van der Waals surface area contributed by atoms with E-state index >= 15 is 0 Å². The first-order valence-electron chi connectivity index (χ1n) is 19.3. The van der Waals surface area contributed by atoms with Crippen LogP contribution in [0.25, 0.3) is 0 Å². The van der Waals surface area contributed by atoms with Crippen LogP contribution >= 0.6 is 0 Å². The smallest absolute Gasteiger partial charge is 0.312 e. The monoisotopic (exact) mass is 743 g/mol. The van der Waals surface area contributed by atoms with Crippen LogP contribution in [0.3, 0.4) is 0 Å². The number of phenolic OH excluding ortho intramolecular Hbond substituents is 2. The van der Waals surface area contributed by atoms with Crippen molar-refractivity contribution in [3.05, 3.63) is 131 Å². The van der Waals surface area contributed by atoms with Gasteiger partial charge in [0.15, 0.2) is 0 Å². The second-order valence-corrected chi connectivity index (χ2v) is 15.0. The molecule has 4 atom stereocenters. The highest BCUT2D eigenvalue weighted by molar-refractivity contribution is 6.36. The molecule has 3 heterocycles. The van der Waals surface area contributed by atoms with Gasteiger partial charge < -0.3 is 30.2 Å². The number of nitrogens with one attached hydrogen (secondary N) is 1. The van der Waals surface area contributed by atoms with E-state index in [4.69, 9.17) is 0 Å². The number of nitrogens with zero attached hydrogens (tertiary/aromatic N) is 4. The maximum absolute atomic E-state index is 14.3. The van der Waals surface area contributed by atoms with Crippen LogP contribution in [-0.2, 0) is 44.9 Å². The van der Waals surface area contributed by atoms with E-state index in [0.717, 1.165) is 41.6 Å². The molecule has 4 amide bonds. The maximum Gasteiger partial charge on any atom is 0.312 e. The molecule has 0 radical (unpaired) electrons. The lowest BCUT2D eigenvalue weighted by Gasteiger charge is -2.45. The largest absolute Gasteiger partial charge is 0.508 e. The van der Waals surface area contributed by atoms with Crippen molar-refractivity contribution in [3.63, 3.8) is 0 Å². The summed E-state index contributed by atoms with van der Waals surface area (Å²) in [6, 6.07) is 33.0. The molecule has 3 fully saturated rings. The van der Waals surface area contributed by atoms with Gasteiger partial charge in [0.05, 0.1) is 12.1 Å². The normalized spacial score (nSPS) is 21.2. The average molecular weight is 744 g/mol. The van der Waals surface area contributed by atoms with Crippen LogP contribution in [0, 0.1) is 0 Å². The fraction of sp³-hybridized carbons (Fsp3) is 0.364. The van der Waals surface area contributed by atoms with Crippen molar-refractivity contribution in [3.8, 4) is 11.5 Å². The second-order valence-electron chi connectivity index (χ2n) is 15.0. The number of carbonyl (C=O) groups is 4. The van der Waals surface area contributed by atoms with Crippen molar-refractivity contribution >= 4 is 23.6 Å². The molecule has 0 bridgehead atoms. The van der Waals surface area contributed by atoms with Gasteiger partial charge in [0, 0.05) is 44.8 Å². The standard InChI is InChI=1S/C44H49N5O6/c50-39-17-13-33(14-18-39)24-36-27-45-41(52)42(53)48(36)29-35-12-7-22-46(35)28-37(26-34-15-19-40(51)20-16-34)49-30-38(25-32-10-5-2-6-11-32)47(43(54)44(49)55)23-21-31-8-3-1-4-9-31/h1-6,8-11,13-20,35-38,50-51H,7,12,21-30H2,(H,45,52)/t35-,36-,37-,38-/m0/s1. The third kappa shape index (κ3) is 9.17. The van der Waals surface area contributed by atoms with E-state index in [9.17, 15) is 29.4 Å². The quantitative estimate of drug-likeness (QED) is 0.168. The molecule has 3 aliphatic rings. The summed E-state index contributed by atoms with van der Waals surface area (Å²) >= 11 is 0. The molecule has 55 heavy (non-hydrogen) atoms. The number of rotatable bonds is 14. The summed E-state index contributed by atoms with van der Waals surface area (Å²) in [5.41, 5.74) is 4.07. The maximum atomic E-state index is 14.3. The second kappa shape index (κ2) is 17.2. The molecule has 0 saturated carbocycles. The Labute approximate surface area is 322 Å². The zero-order valence-corrected chi connectivity index (χ0v) is 31.0. The predicted molar refractivity (Wildman–Crippen MR) is 208 cm³/mol. The predicted octanol–water partition coefficient (Wildman–Crippen LogP) is 3.57. The fourth-order valence-corrected chi connectivity index (χ4v) is 8.40. The minimum Gasteiger partial charge on any atom is -0.508 e. The first kappa shape index (κ1) is 37.6. The molecule has 0 spiro atoms. The summed E-state index contributed by atoms with van der Waals surface area (Å²) in [4.78, 5) is 62.0. The molecule has 7 rings (SSSR count). The van der Waals surface area contributed by atoms with E-state index in [2.05, 4.69) is 22.3 Å². The van der Waals surface area contributed by atoms with Crippen molar-refractivity contribution in [1.82, 2.24) is 24.9 Å². The number of hydrogen-bond acceptors (Lipinski definition) is 7. The highest BCUT2D eigenvalue weighted by Gasteiger charge is 2.43. The minimum absolute atomic E-state index is 0.0578. The van der Waals surface area contributed by atoms with Crippen LogP contribution in [0.5, 0.6) is 11.5 Å². The molecule has 4 aromatic rings. The third-order valence-electron chi connectivity index (χ3n) is 11.4. The van der Waals surface area contributed by atoms with Crippen LogP contribution in [-0.4, -0.2) is 117 Å². The van der Waals surface area contributed by atoms with Gasteiger partial charge in [-0.3, -0.25) is 24.1 Å². The van der Waals surface area contributed by atoms with Gasteiger partial charge in [-0.25, -0.2) is 0 Å². The van der Waals surface area contributed by atoms with Gasteiger partial charge in [-0.05, 0) is 91.6 Å². The van der Waals surface area contributed by atoms with E-state index in [-0.39, 0.29) is 35.7 Å². The summed E-state index contributed by atoms with van der Waals surface area (Å²) in [6.45, 7) is 2.71. The summed E-state index contributed by atoms with van der Waals surface area (Å²) in [5, 5.41) is 22.6.